The zero-order chi connectivity index (χ0) is 18.7. The highest BCUT2D eigenvalue weighted by Crippen LogP contribution is 2.26. The van der Waals surface area contributed by atoms with Gasteiger partial charge in [-0.2, -0.15) is 0 Å². The Balaban J connectivity index is 2.07. The smallest absolute Gasteiger partial charge is 0.317 e. The number of methoxy groups -OCH3 is 1. The fourth-order valence-corrected chi connectivity index (χ4v) is 3.77. The number of carbonyl (C=O) groups is 1. The van der Waals surface area contributed by atoms with Crippen LogP contribution in [0.15, 0.2) is 6.20 Å². The largest absolute Gasteiger partial charge is 0.496 e. The summed E-state index contributed by atoms with van der Waals surface area (Å²) in [4.78, 5) is 24.1. The zero-order valence-electron chi connectivity index (χ0n) is 15.9. The lowest BCUT2D eigenvalue weighted by Crippen LogP contribution is -2.38. The molecular formula is C18H26N4O2S. The number of amides is 2. The predicted octanol–water partition coefficient (Wildman–Crippen LogP) is 3.68. The van der Waals surface area contributed by atoms with Crippen molar-refractivity contribution in [3.8, 4) is 5.75 Å². The van der Waals surface area contributed by atoms with Gasteiger partial charge in [-0.1, -0.05) is 0 Å². The van der Waals surface area contributed by atoms with Crippen molar-refractivity contribution in [3.05, 3.63) is 38.6 Å². The van der Waals surface area contributed by atoms with Gasteiger partial charge in [0.05, 0.1) is 36.1 Å². The molecular weight excluding hydrogens is 336 g/mol. The Kier molecular flexibility index (Phi) is 6.00. The molecule has 25 heavy (non-hydrogen) atoms. The van der Waals surface area contributed by atoms with E-state index in [-0.39, 0.29) is 12.1 Å². The van der Waals surface area contributed by atoms with Crippen molar-refractivity contribution in [3.63, 3.8) is 0 Å². The number of hydrogen-bond donors (Lipinski definition) is 1. The van der Waals surface area contributed by atoms with E-state index >= 15 is 0 Å². The second-order valence-electron chi connectivity index (χ2n) is 6.26. The van der Waals surface area contributed by atoms with E-state index < -0.39 is 0 Å². The third-order valence-electron chi connectivity index (χ3n) is 4.16. The van der Waals surface area contributed by atoms with Gasteiger partial charge in [0.15, 0.2) is 0 Å². The summed E-state index contributed by atoms with van der Waals surface area (Å²) in [5.74, 6) is 0.822. The third kappa shape index (κ3) is 4.28. The summed E-state index contributed by atoms with van der Waals surface area (Å²) < 4.78 is 5.43. The average molecular weight is 362 g/mol. The molecule has 0 spiro atoms. The summed E-state index contributed by atoms with van der Waals surface area (Å²) in [7, 11) is 3.41. The lowest BCUT2D eigenvalue weighted by atomic mass is 10.1. The molecule has 0 fully saturated rings. The molecule has 0 bridgehead atoms. The number of nitrogens with one attached hydrogen (secondary N) is 1. The Hall–Kier alpha value is -2.15. The number of nitrogens with zero attached hydrogens (tertiary/aromatic N) is 3. The molecule has 136 valence electrons. The number of aromatic nitrogens is 2. The van der Waals surface area contributed by atoms with Gasteiger partial charge in [-0.25, -0.2) is 9.78 Å². The number of carbonyl (C=O) groups excluding carboxylic acids is 1. The van der Waals surface area contributed by atoms with Crippen LogP contribution < -0.4 is 10.1 Å². The first-order valence-electron chi connectivity index (χ1n) is 8.19. The summed E-state index contributed by atoms with van der Waals surface area (Å²) in [6.45, 7) is 10.3. The fourth-order valence-electron chi connectivity index (χ4n) is 2.84. The van der Waals surface area contributed by atoms with Gasteiger partial charge in [-0.15, -0.1) is 11.3 Å². The highest BCUT2D eigenvalue weighted by Gasteiger charge is 2.19. The Labute approximate surface area is 153 Å². The van der Waals surface area contributed by atoms with E-state index in [2.05, 4.69) is 15.3 Å². The van der Waals surface area contributed by atoms with Crippen molar-refractivity contribution in [2.45, 2.75) is 47.2 Å². The van der Waals surface area contributed by atoms with Crippen molar-refractivity contribution in [1.82, 2.24) is 20.2 Å². The molecule has 0 aromatic carbocycles. The van der Waals surface area contributed by atoms with Gasteiger partial charge < -0.3 is 15.0 Å². The van der Waals surface area contributed by atoms with E-state index in [0.29, 0.717) is 6.54 Å². The third-order valence-corrected chi connectivity index (χ3v) is 5.41. The van der Waals surface area contributed by atoms with E-state index in [4.69, 9.17) is 4.74 Å². The van der Waals surface area contributed by atoms with Crippen LogP contribution in [-0.2, 0) is 6.54 Å². The maximum absolute atomic E-state index is 12.5. The van der Waals surface area contributed by atoms with Gasteiger partial charge in [0.2, 0.25) is 0 Å². The minimum absolute atomic E-state index is 0.0808. The molecule has 6 nitrogen and oxygen atoms in total. The van der Waals surface area contributed by atoms with Crippen LogP contribution in [0.3, 0.4) is 0 Å². The predicted molar refractivity (Wildman–Crippen MR) is 100 cm³/mol. The second kappa shape index (κ2) is 7.82. The fraction of sp³-hybridized carbons (Fsp3) is 0.500. The zero-order valence-corrected chi connectivity index (χ0v) is 16.7. The van der Waals surface area contributed by atoms with Crippen molar-refractivity contribution in [1.29, 1.82) is 0 Å². The minimum atomic E-state index is -0.140. The van der Waals surface area contributed by atoms with Crippen LogP contribution in [0.1, 0.15) is 45.4 Å². The van der Waals surface area contributed by atoms with Gasteiger partial charge in [0.25, 0.3) is 0 Å². The first kappa shape index (κ1) is 19.2. The van der Waals surface area contributed by atoms with Gasteiger partial charge in [0, 0.05) is 29.2 Å². The molecule has 0 aliphatic heterocycles. The van der Waals surface area contributed by atoms with E-state index in [1.54, 1.807) is 36.6 Å². The summed E-state index contributed by atoms with van der Waals surface area (Å²) in [6.07, 6.45) is 1.78. The monoisotopic (exact) mass is 362 g/mol. The molecule has 2 rings (SSSR count). The minimum Gasteiger partial charge on any atom is -0.496 e. The Morgan fingerprint density at radius 3 is 2.60 bits per heavy atom. The van der Waals surface area contributed by atoms with Gasteiger partial charge in [-0.05, 0) is 34.6 Å². The molecule has 0 saturated carbocycles. The Bertz CT molecular complexity index is 773. The number of rotatable bonds is 5. The first-order chi connectivity index (χ1) is 11.7. The van der Waals surface area contributed by atoms with Crippen LogP contribution in [0.25, 0.3) is 0 Å². The summed E-state index contributed by atoms with van der Waals surface area (Å²) in [6, 6.07) is -0.221. The van der Waals surface area contributed by atoms with Crippen LogP contribution in [0.2, 0.25) is 0 Å². The average Bonchev–Trinajstić information content (AvgIpc) is 2.89. The van der Waals surface area contributed by atoms with Crippen molar-refractivity contribution >= 4 is 17.4 Å². The highest BCUT2D eigenvalue weighted by atomic mass is 32.1. The number of aryl methyl sites for hydroxylation is 3. The molecule has 2 amide bonds. The summed E-state index contributed by atoms with van der Waals surface area (Å²) in [5.41, 5.74) is 3.75. The van der Waals surface area contributed by atoms with E-state index in [9.17, 15) is 4.79 Å². The summed E-state index contributed by atoms with van der Waals surface area (Å²) in [5, 5.41) is 4.04. The maximum Gasteiger partial charge on any atom is 0.317 e. The van der Waals surface area contributed by atoms with Crippen molar-refractivity contribution in [2.24, 2.45) is 0 Å². The highest BCUT2D eigenvalue weighted by molar-refractivity contribution is 7.11. The second-order valence-corrected chi connectivity index (χ2v) is 7.49. The first-order valence-corrected chi connectivity index (χ1v) is 9.00. The topological polar surface area (TPSA) is 67.3 Å². The standard InChI is InChI=1S/C18H26N4O2S/c1-10-8-19-15(11(2)16(10)24-7)9-22(6)18(23)21-13(4)17-12(3)20-14(5)25-17/h8,13H,9H2,1-7H3,(H,21,23)/t13-/m1/s1. The number of pyridine rings is 1. The van der Waals surface area contributed by atoms with Crippen molar-refractivity contribution in [2.75, 3.05) is 14.2 Å². The Morgan fingerprint density at radius 2 is 2.04 bits per heavy atom. The van der Waals surface area contributed by atoms with Gasteiger partial charge in [-0.3, -0.25) is 4.98 Å². The lowest BCUT2D eigenvalue weighted by Gasteiger charge is -2.22. The van der Waals surface area contributed by atoms with E-state index in [0.717, 1.165) is 38.1 Å². The Morgan fingerprint density at radius 1 is 1.36 bits per heavy atom. The normalized spacial score (nSPS) is 12.0. The van der Waals surface area contributed by atoms with Crippen molar-refractivity contribution < 1.29 is 9.53 Å². The molecule has 1 atom stereocenters. The van der Waals surface area contributed by atoms with Crippen LogP contribution in [0.4, 0.5) is 4.79 Å². The molecule has 7 heteroatoms. The number of urea groups is 1. The molecule has 2 aromatic heterocycles. The number of hydrogen-bond acceptors (Lipinski definition) is 5. The molecule has 0 saturated heterocycles. The lowest BCUT2D eigenvalue weighted by molar-refractivity contribution is 0.203. The quantitative estimate of drug-likeness (QED) is 0.881. The molecule has 0 unspecified atom stereocenters. The molecule has 1 N–H and O–H groups in total. The molecule has 0 aliphatic rings. The van der Waals surface area contributed by atoms with Crippen LogP contribution in [0.5, 0.6) is 5.75 Å². The van der Waals surface area contributed by atoms with Gasteiger partial charge in [0.1, 0.15) is 5.75 Å². The molecule has 2 aromatic rings. The maximum atomic E-state index is 12.5. The van der Waals surface area contributed by atoms with Crippen LogP contribution >= 0.6 is 11.3 Å². The number of thiazole rings is 1. The SMILES string of the molecule is COc1c(C)cnc(CN(C)C(=O)N[C@H](C)c2sc(C)nc2C)c1C. The molecule has 0 radical (unpaired) electrons. The van der Waals surface area contributed by atoms with E-state index in [1.807, 2.05) is 34.6 Å². The molecule has 2 heterocycles. The van der Waals surface area contributed by atoms with E-state index in [1.165, 1.54) is 0 Å². The number of ether oxygens (including phenoxy) is 1. The van der Waals surface area contributed by atoms with Gasteiger partial charge >= 0.3 is 6.03 Å². The molecule has 0 aliphatic carbocycles. The van der Waals surface area contributed by atoms with Crippen LogP contribution in [0, 0.1) is 27.7 Å². The van der Waals surface area contributed by atoms with Crippen LogP contribution in [-0.4, -0.2) is 35.1 Å². The summed E-state index contributed by atoms with van der Waals surface area (Å²) >= 11 is 1.62.